The van der Waals surface area contributed by atoms with Gasteiger partial charge in [0.05, 0.1) is 13.2 Å². The molecule has 1 aliphatic carbocycles. The zero-order valence-electron chi connectivity index (χ0n) is 11.8. The zero-order valence-corrected chi connectivity index (χ0v) is 11.8. The summed E-state index contributed by atoms with van der Waals surface area (Å²) in [5.41, 5.74) is 1.84. The van der Waals surface area contributed by atoms with Crippen LogP contribution in [0.4, 0.5) is 14.5 Å². The molecule has 2 aromatic rings. The second-order valence-corrected chi connectivity index (χ2v) is 5.36. The molecule has 0 radical (unpaired) electrons. The third kappa shape index (κ3) is 3.15. The molecule has 2 aromatic carbocycles. The highest BCUT2D eigenvalue weighted by Crippen LogP contribution is 2.43. The molecule has 1 saturated carbocycles. The van der Waals surface area contributed by atoms with Crippen LogP contribution in [0.25, 0.3) is 0 Å². The molecule has 3 rings (SSSR count). The van der Waals surface area contributed by atoms with Crippen LogP contribution in [-0.2, 0) is 0 Å². The number of hydrogen-bond acceptors (Lipinski definition) is 2. The number of halogens is 2. The highest BCUT2D eigenvalue weighted by molar-refractivity contribution is 5.51. The molecule has 110 valence electrons. The Bertz CT molecular complexity index is 623. The fourth-order valence-electron chi connectivity index (χ4n) is 2.50. The maximum Gasteiger partial charge on any atom is 0.165 e. The molecule has 0 spiro atoms. The molecule has 4 heteroatoms. The minimum Gasteiger partial charge on any atom is -0.494 e. The molecule has 1 N–H and O–H groups in total. The van der Waals surface area contributed by atoms with E-state index < -0.39 is 0 Å². The number of rotatable bonds is 5. The lowest BCUT2D eigenvalue weighted by Gasteiger charge is -2.20. The molecular formula is C17H17F2NO. The van der Waals surface area contributed by atoms with Gasteiger partial charge in [0.25, 0.3) is 0 Å². The van der Waals surface area contributed by atoms with Crippen LogP contribution < -0.4 is 10.1 Å². The van der Waals surface area contributed by atoms with Crippen LogP contribution in [0.5, 0.6) is 5.75 Å². The summed E-state index contributed by atoms with van der Waals surface area (Å²) in [4.78, 5) is 0. The monoisotopic (exact) mass is 289 g/mol. The zero-order chi connectivity index (χ0) is 14.8. The molecule has 0 amide bonds. The van der Waals surface area contributed by atoms with Crippen molar-refractivity contribution in [3.63, 3.8) is 0 Å². The van der Waals surface area contributed by atoms with Gasteiger partial charge in [-0.15, -0.1) is 0 Å². The van der Waals surface area contributed by atoms with Gasteiger partial charge in [-0.25, -0.2) is 8.78 Å². The Hall–Kier alpha value is -2.10. The van der Waals surface area contributed by atoms with Crippen molar-refractivity contribution in [3.05, 3.63) is 59.7 Å². The number of methoxy groups -OCH3 is 1. The minimum atomic E-state index is -0.382. The fourth-order valence-corrected chi connectivity index (χ4v) is 2.50. The van der Waals surface area contributed by atoms with Gasteiger partial charge in [-0.05, 0) is 48.6 Å². The number of ether oxygens (including phenoxy) is 1. The van der Waals surface area contributed by atoms with Gasteiger partial charge in [0.1, 0.15) is 5.82 Å². The summed E-state index contributed by atoms with van der Waals surface area (Å²) in [6.45, 7) is 0. The Balaban J connectivity index is 1.84. The van der Waals surface area contributed by atoms with E-state index in [0.29, 0.717) is 5.92 Å². The molecule has 1 aliphatic rings. The van der Waals surface area contributed by atoms with Crippen molar-refractivity contribution >= 4 is 5.69 Å². The van der Waals surface area contributed by atoms with E-state index in [0.717, 1.165) is 24.1 Å². The predicted molar refractivity (Wildman–Crippen MR) is 78.4 cm³/mol. The topological polar surface area (TPSA) is 21.3 Å². The molecule has 2 nitrogen and oxygen atoms in total. The number of hydrogen-bond donors (Lipinski definition) is 1. The van der Waals surface area contributed by atoms with Gasteiger partial charge in [-0.2, -0.15) is 0 Å². The van der Waals surface area contributed by atoms with Crippen LogP contribution in [0.2, 0.25) is 0 Å². The Kier molecular flexibility index (Phi) is 3.78. The van der Waals surface area contributed by atoms with E-state index in [1.54, 1.807) is 24.3 Å². The maximum absolute atomic E-state index is 13.5. The van der Waals surface area contributed by atoms with Gasteiger partial charge < -0.3 is 10.1 Å². The smallest absolute Gasteiger partial charge is 0.165 e. The van der Waals surface area contributed by atoms with Crippen LogP contribution in [0.1, 0.15) is 24.4 Å². The standard InChI is InChI=1S/C17H17F2NO/c1-21-16-10-14(8-9-15(16)19)20-17(11-2-3-11)12-4-6-13(18)7-5-12/h4-11,17,20H,2-3H2,1H3. The van der Waals surface area contributed by atoms with Crippen molar-refractivity contribution in [2.75, 3.05) is 12.4 Å². The van der Waals surface area contributed by atoms with Crippen molar-refractivity contribution in [1.82, 2.24) is 0 Å². The lowest BCUT2D eigenvalue weighted by molar-refractivity contribution is 0.386. The summed E-state index contributed by atoms with van der Waals surface area (Å²) in [6.07, 6.45) is 2.29. The number of anilines is 1. The SMILES string of the molecule is COc1cc(NC(c2ccc(F)cc2)C2CC2)ccc1F. The summed E-state index contributed by atoms with van der Waals surface area (Å²) < 4.78 is 31.5. The van der Waals surface area contributed by atoms with Crippen LogP contribution in [0.3, 0.4) is 0 Å². The molecule has 0 aliphatic heterocycles. The summed E-state index contributed by atoms with van der Waals surface area (Å²) in [6, 6.07) is 11.4. The van der Waals surface area contributed by atoms with Gasteiger partial charge in [-0.1, -0.05) is 12.1 Å². The van der Waals surface area contributed by atoms with E-state index in [2.05, 4.69) is 5.32 Å². The van der Waals surface area contributed by atoms with Crippen LogP contribution in [0.15, 0.2) is 42.5 Å². The molecule has 1 fully saturated rings. The third-order valence-electron chi connectivity index (χ3n) is 3.80. The van der Waals surface area contributed by atoms with Crippen molar-refractivity contribution < 1.29 is 13.5 Å². The summed E-state index contributed by atoms with van der Waals surface area (Å²) in [5.74, 6) is 0.129. The van der Waals surface area contributed by atoms with E-state index in [1.165, 1.54) is 25.3 Å². The Morgan fingerprint density at radius 1 is 1.10 bits per heavy atom. The van der Waals surface area contributed by atoms with Gasteiger partial charge in [0.15, 0.2) is 11.6 Å². The Morgan fingerprint density at radius 3 is 2.43 bits per heavy atom. The highest BCUT2D eigenvalue weighted by atomic mass is 19.1. The van der Waals surface area contributed by atoms with Crippen molar-refractivity contribution in [3.8, 4) is 5.75 Å². The first-order valence-electron chi connectivity index (χ1n) is 7.03. The first-order chi connectivity index (χ1) is 10.2. The molecule has 0 saturated heterocycles. The average Bonchev–Trinajstić information content (AvgIpc) is 3.32. The first kappa shape index (κ1) is 13.9. The normalized spacial score (nSPS) is 15.6. The molecule has 0 heterocycles. The van der Waals surface area contributed by atoms with E-state index in [9.17, 15) is 8.78 Å². The van der Waals surface area contributed by atoms with Gasteiger partial charge in [-0.3, -0.25) is 0 Å². The largest absolute Gasteiger partial charge is 0.494 e. The minimum absolute atomic E-state index is 0.112. The van der Waals surface area contributed by atoms with E-state index in [1.807, 2.05) is 0 Å². The van der Waals surface area contributed by atoms with Gasteiger partial charge in [0, 0.05) is 11.8 Å². The van der Waals surface area contributed by atoms with E-state index >= 15 is 0 Å². The highest BCUT2D eigenvalue weighted by Gasteiger charge is 2.32. The summed E-state index contributed by atoms with van der Waals surface area (Å²) in [5, 5.41) is 3.41. The quantitative estimate of drug-likeness (QED) is 0.872. The lowest BCUT2D eigenvalue weighted by atomic mass is 10.0. The fraction of sp³-hybridized carbons (Fsp3) is 0.294. The van der Waals surface area contributed by atoms with Gasteiger partial charge in [0.2, 0.25) is 0 Å². The molecule has 1 unspecified atom stereocenters. The molecule has 0 bridgehead atoms. The van der Waals surface area contributed by atoms with E-state index in [-0.39, 0.29) is 23.4 Å². The van der Waals surface area contributed by atoms with Crippen molar-refractivity contribution in [2.24, 2.45) is 5.92 Å². The lowest BCUT2D eigenvalue weighted by Crippen LogP contribution is -2.13. The van der Waals surface area contributed by atoms with Crippen molar-refractivity contribution in [2.45, 2.75) is 18.9 Å². The van der Waals surface area contributed by atoms with Gasteiger partial charge >= 0.3 is 0 Å². The second-order valence-electron chi connectivity index (χ2n) is 5.36. The van der Waals surface area contributed by atoms with E-state index in [4.69, 9.17) is 4.74 Å². The number of nitrogens with one attached hydrogen (secondary N) is 1. The maximum atomic E-state index is 13.5. The summed E-state index contributed by atoms with van der Waals surface area (Å²) >= 11 is 0. The first-order valence-corrected chi connectivity index (χ1v) is 7.03. The predicted octanol–water partition coefficient (Wildman–Crippen LogP) is 4.54. The Morgan fingerprint density at radius 2 is 1.81 bits per heavy atom. The second kappa shape index (κ2) is 5.72. The number of benzene rings is 2. The van der Waals surface area contributed by atoms with Crippen LogP contribution in [-0.4, -0.2) is 7.11 Å². The third-order valence-corrected chi connectivity index (χ3v) is 3.80. The van der Waals surface area contributed by atoms with Crippen molar-refractivity contribution in [1.29, 1.82) is 0 Å². The molecular weight excluding hydrogens is 272 g/mol. The molecule has 0 aromatic heterocycles. The van der Waals surface area contributed by atoms with Crippen LogP contribution >= 0.6 is 0 Å². The summed E-state index contributed by atoms with van der Waals surface area (Å²) in [7, 11) is 1.44. The van der Waals surface area contributed by atoms with Crippen LogP contribution in [0, 0.1) is 17.6 Å². The molecule has 1 atom stereocenters. The Labute approximate surface area is 122 Å². The average molecular weight is 289 g/mol. The molecule has 21 heavy (non-hydrogen) atoms.